The summed E-state index contributed by atoms with van der Waals surface area (Å²) in [5, 5.41) is 3.44. The first-order chi connectivity index (χ1) is 8.77. The van der Waals surface area contributed by atoms with E-state index in [2.05, 4.69) is 27.2 Å². The van der Waals surface area contributed by atoms with Crippen LogP contribution >= 0.6 is 0 Å². The number of aromatic nitrogens is 3. The van der Waals surface area contributed by atoms with E-state index in [1.54, 1.807) is 0 Å². The molecule has 0 radical (unpaired) electrons. The number of fused-ring (bicyclic) bond motifs is 1. The molecule has 0 spiro atoms. The Labute approximate surface area is 107 Å². The Morgan fingerprint density at radius 3 is 3.11 bits per heavy atom. The lowest BCUT2D eigenvalue weighted by Gasteiger charge is -2.32. The molecule has 5 heteroatoms. The minimum atomic E-state index is 0.513. The first kappa shape index (κ1) is 11.5. The summed E-state index contributed by atoms with van der Waals surface area (Å²) in [5.41, 5.74) is 2.13. The molecule has 1 fully saturated rings. The molecular weight excluding hydrogens is 226 g/mol. The molecule has 0 aromatic carbocycles. The monoisotopic (exact) mass is 245 g/mol. The van der Waals surface area contributed by atoms with Crippen LogP contribution in [0.5, 0.6) is 0 Å². The Bertz CT molecular complexity index is 541. The van der Waals surface area contributed by atoms with Gasteiger partial charge < -0.3 is 14.8 Å². The van der Waals surface area contributed by atoms with Crippen molar-refractivity contribution < 1.29 is 0 Å². The Balaban J connectivity index is 1.97. The van der Waals surface area contributed by atoms with Gasteiger partial charge in [-0.3, -0.25) is 0 Å². The zero-order valence-corrected chi connectivity index (χ0v) is 10.9. The summed E-state index contributed by atoms with van der Waals surface area (Å²) in [6.07, 6.45) is 6.16. The van der Waals surface area contributed by atoms with Gasteiger partial charge in [-0.25, -0.2) is 9.97 Å². The predicted molar refractivity (Wildman–Crippen MR) is 72.8 cm³/mol. The quantitative estimate of drug-likeness (QED) is 0.862. The second-order valence-electron chi connectivity index (χ2n) is 4.97. The van der Waals surface area contributed by atoms with Crippen LogP contribution in [0.15, 0.2) is 18.6 Å². The lowest BCUT2D eigenvalue weighted by Crippen LogP contribution is -2.44. The molecule has 1 aliphatic rings. The third kappa shape index (κ3) is 1.84. The number of likely N-dealkylation sites (N-methyl/N-ethyl adjacent to an activating group) is 1. The Kier molecular flexibility index (Phi) is 2.91. The molecule has 0 aliphatic carbocycles. The number of pyridine rings is 1. The number of hydrogen-bond acceptors (Lipinski definition) is 4. The van der Waals surface area contributed by atoms with Crippen molar-refractivity contribution in [1.29, 1.82) is 0 Å². The van der Waals surface area contributed by atoms with Crippen LogP contribution in [-0.2, 0) is 7.05 Å². The fourth-order valence-electron chi connectivity index (χ4n) is 2.64. The minimum Gasteiger partial charge on any atom is -0.354 e. The van der Waals surface area contributed by atoms with E-state index < -0.39 is 0 Å². The van der Waals surface area contributed by atoms with Gasteiger partial charge in [-0.05, 0) is 25.5 Å². The second kappa shape index (κ2) is 4.57. The third-order valence-electron chi connectivity index (χ3n) is 3.78. The van der Waals surface area contributed by atoms with E-state index in [4.69, 9.17) is 0 Å². The van der Waals surface area contributed by atoms with E-state index in [0.717, 1.165) is 29.9 Å². The fourth-order valence-corrected chi connectivity index (χ4v) is 2.64. The highest BCUT2D eigenvalue weighted by atomic mass is 15.2. The molecule has 5 nitrogen and oxygen atoms in total. The largest absolute Gasteiger partial charge is 0.354 e. The number of nitrogens with zero attached hydrogens (tertiary/aromatic N) is 4. The van der Waals surface area contributed by atoms with Crippen molar-refractivity contribution in [1.82, 2.24) is 19.9 Å². The SMILES string of the molecule is CN(c1nccc2c1ncn2C)C1CCCNC1. The van der Waals surface area contributed by atoms with Gasteiger partial charge in [0.25, 0.3) is 0 Å². The number of aryl methyl sites for hydroxylation is 1. The highest BCUT2D eigenvalue weighted by molar-refractivity contribution is 5.86. The van der Waals surface area contributed by atoms with Crippen molar-refractivity contribution in [3.8, 4) is 0 Å². The summed E-state index contributed by atoms with van der Waals surface area (Å²) >= 11 is 0. The summed E-state index contributed by atoms with van der Waals surface area (Å²) in [6, 6.07) is 2.53. The van der Waals surface area contributed by atoms with E-state index in [9.17, 15) is 0 Å². The van der Waals surface area contributed by atoms with Gasteiger partial charge in [-0.1, -0.05) is 0 Å². The molecular formula is C13H19N5. The summed E-state index contributed by atoms with van der Waals surface area (Å²) in [6.45, 7) is 2.16. The van der Waals surface area contributed by atoms with Gasteiger partial charge in [0.2, 0.25) is 0 Å². The van der Waals surface area contributed by atoms with Gasteiger partial charge in [0.1, 0.15) is 5.52 Å². The van der Waals surface area contributed by atoms with Gasteiger partial charge in [0.15, 0.2) is 5.82 Å². The van der Waals surface area contributed by atoms with E-state index in [-0.39, 0.29) is 0 Å². The molecule has 2 aromatic rings. The van der Waals surface area contributed by atoms with E-state index in [1.165, 1.54) is 12.8 Å². The Morgan fingerprint density at radius 1 is 1.44 bits per heavy atom. The Morgan fingerprint density at radius 2 is 2.33 bits per heavy atom. The molecule has 18 heavy (non-hydrogen) atoms. The first-order valence-electron chi connectivity index (χ1n) is 6.47. The summed E-state index contributed by atoms with van der Waals surface area (Å²) < 4.78 is 2.04. The van der Waals surface area contributed by atoms with Crippen molar-refractivity contribution in [3.05, 3.63) is 18.6 Å². The minimum absolute atomic E-state index is 0.513. The number of piperidine rings is 1. The zero-order valence-electron chi connectivity index (χ0n) is 10.9. The number of nitrogens with one attached hydrogen (secondary N) is 1. The van der Waals surface area contributed by atoms with Crippen LogP contribution in [0.2, 0.25) is 0 Å². The van der Waals surface area contributed by atoms with Crippen molar-refractivity contribution >= 4 is 16.9 Å². The summed E-state index contributed by atoms with van der Waals surface area (Å²) in [5.74, 6) is 0.988. The summed E-state index contributed by atoms with van der Waals surface area (Å²) in [4.78, 5) is 11.3. The molecule has 3 heterocycles. The standard InChI is InChI=1S/C13H19N5/c1-17-9-16-12-11(17)5-7-15-13(12)18(2)10-4-3-6-14-8-10/h5,7,9-10,14H,3-4,6,8H2,1-2H3. The van der Waals surface area contributed by atoms with Crippen molar-refractivity contribution in [2.45, 2.75) is 18.9 Å². The lowest BCUT2D eigenvalue weighted by atomic mass is 10.1. The molecule has 0 bridgehead atoms. The molecule has 2 aromatic heterocycles. The van der Waals surface area contributed by atoms with Crippen LogP contribution in [0.25, 0.3) is 11.0 Å². The van der Waals surface area contributed by atoms with Crippen LogP contribution in [0.3, 0.4) is 0 Å². The topological polar surface area (TPSA) is 46.0 Å². The van der Waals surface area contributed by atoms with Gasteiger partial charge in [-0.2, -0.15) is 0 Å². The molecule has 3 rings (SSSR count). The van der Waals surface area contributed by atoms with E-state index in [0.29, 0.717) is 6.04 Å². The third-order valence-corrected chi connectivity index (χ3v) is 3.78. The average Bonchev–Trinajstić information content (AvgIpc) is 2.81. The predicted octanol–water partition coefficient (Wildman–Crippen LogP) is 1.16. The second-order valence-corrected chi connectivity index (χ2v) is 4.97. The maximum absolute atomic E-state index is 4.52. The normalized spacial score (nSPS) is 20.2. The lowest BCUT2D eigenvalue weighted by molar-refractivity contribution is 0.444. The molecule has 1 N–H and O–H groups in total. The number of rotatable bonds is 2. The first-order valence-corrected chi connectivity index (χ1v) is 6.47. The van der Waals surface area contributed by atoms with Gasteiger partial charge in [0.05, 0.1) is 11.8 Å². The van der Waals surface area contributed by atoms with Crippen molar-refractivity contribution in [2.24, 2.45) is 7.05 Å². The van der Waals surface area contributed by atoms with Crippen molar-refractivity contribution in [3.63, 3.8) is 0 Å². The van der Waals surface area contributed by atoms with Crippen LogP contribution in [0, 0.1) is 0 Å². The van der Waals surface area contributed by atoms with Gasteiger partial charge in [-0.15, -0.1) is 0 Å². The van der Waals surface area contributed by atoms with Crippen LogP contribution < -0.4 is 10.2 Å². The molecule has 1 atom stereocenters. The molecule has 0 saturated carbocycles. The van der Waals surface area contributed by atoms with Crippen molar-refractivity contribution in [2.75, 3.05) is 25.0 Å². The molecule has 0 amide bonds. The van der Waals surface area contributed by atoms with E-state index >= 15 is 0 Å². The van der Waals surface area contributed by atoms with Crippen LogP contribution in [0.4, 0.5) is 5.82 Å². The maximum Gasteiger partial charge on any atom is 0.156 e. The average molecular weight is 245 g/mol. The smallest absolute Gasteiger partial charge is 0.156 e. The molecule has 1 saturated heterocycles. The molecule has 1 unspecified atom stereocenters. The van der Waals surface area contributed by atoms with E-state index in [1.807, 2.05) is 30.2 Å². The maximum atomic E-state index is 4.52. The summed E-state index contributed by atoms with van der Waals surface area (Å²) in [7, 11) is 4.13. The van der Waals surface area contributed by atoms with Crippen LogP contribution in [-0.4, -0.2) is 40.7 Å². The van der Waals surface area contributed by atoms with Gasteiger partial charge >= 0.3 is 0 Å². The molecule has 1 aliphatic heterocycles. The highest BCUT2D eigenvalue weighted by Crippen LogP contribution is 2.24. The zero-order chi connectivity index (χ0) is 12.5. The number of anilines is 1. The number of imidazole rings is 1. The Hall–Kier alpha value is -1.62. The molecule has 96 valence electrons. The van der Waals surface area contributed by atoms with Gasteiger partial charge in [0, 0.05) is 32.9 Å². The number of hydrogen-bond donors (Lipinski definition) is 1. The van der Waals surface area contributed by atoms with Crippen LogP contribution in [0.1, 0.15) is 12.8 Å². The highest BCUT2D eigenvalue weighted by Gasteiger charge is 2.21. The fraction of sp³-hybridized carbons (Fsp3) is 0.538.